The summed E-state index contributed by atoms with van der Waals surface area (Å²) in [6, 6.07) is 11.6. The number of rotatable bonds is 4. The Morgan fingerprint density at radius 1 is 1.24 bits per heavy atom. The number of ketones is 1. The average molecular weight is 330 g/mol. The van der Waals surface area contributed by atoms with Gasteiger partial charge in [0.05, 0.1) is 4.34 Å². The fourth-order valence-electron chi connectivity index (χ4n) is 1.58. The van der Waals surface area contributed by atoms with Crippen molar-refractivity contribution in [2.75, 3.05) is 0 Å². The van der Waals surface area contributed by atoms with Gasteiger partial charge in [-0.15, -0.1) is 11.3 Å². The molecule has 0 aliphatic rings. The number of hydrogen-bond acceptors (Lipinski definition) is 2. The molecule has 0 unspecified atom stereocenters. The molecule has 88 valence electrons. The summed E-state index contributed by atoms with van der Waals surface area (Å²) in [5.74, 6) is 0.210. The number of benzene rings is 1. The molecule has 1 nitrogen and oxygen atoms in total. The van der Waals surface area contributed by atoms with E-state index in [0.717, 1.165) is 19.2 Å². The first-order valence-electron chi connectivity index (χ1n) is 5.14. The molecule has 1 aromatic heterocycles. The zero-order valence-corrected chi connectivity index (χ0v) is 12.1. The van der Waals surface area contributed by atoms with Gasteiger partial charge in [0.25, 0.3) is 0 Å². The van der Waals surface area contributed by atoms with Crippen LogP contribution >= 0.6 is 38.9 Å². The smallest absolute Gasteiger partial charge is 0.142 e. The van der Waals surface area contributed by atoms with E-state index < -0.39 is 0 Å². The van der Waals surface area contributed by atoms with Crippen LogP contribution in [-0.2, 0) is 17.6 Å². The van der Waals surface area contributed by atoms with Gasteiger partial charge in [-0.25, -0.2) is 0 Å². The van der Waals surface area contributed by atoms with Crippen LogP contribution in [0.2, 0.25) is 4.34 Å². The number of halogens is 2. The molecule has 0 aliphatic carbocycles. The Labute approximate surface area is 118 Å². The highest BCUT2D eigenvalue weighted by Crippen LogP contribution is 2.22. The normalized spacial score (nSPS) is 10.5. The Morgan fingerprint density at radius 3 is 2.71 bits per heavy atom. The van der Waals surface area contributed by atoms with Crippen molar-refractivity contribution in [1.29, 1.82) is 0 Å². The summed E-state index contributed by atoms with van der Waals surface area (Å²) < 4.78 is 1.73. The number of carbonyl (C=O) groups is 1. The highest BCUT2D eigenvalue weighted by molar-refractivity contribution is 9.10. The van der Waals surface area contributed by atoms with Crippen molar-refractivity contribution in [2.45, 2.75) is 12.8 Å². The molecule has 0 saturated carbocycles. The Bertz CT molecular complexity index is 536. The van der Waals surface area contributed by atoms with E-state index in [4.69, 9.17) is 11.6 Å². The molecule has 0 amide bonds. The largest absolute Gasteiger partial charge is 0.299 e. The van der Waals surface area contributed by atoms with E-state index in [0.29, 0.717) is 12.8 Å². The lowest BCUT2D eigenvalue weighted by molar-refractivity contribution is -0.117. The van der Waals surface area contributed by atoms with E-state index in [-0.39, 0.29) is 5.78 Å². The van der Waals surface area contributed by atoms with Crippen LogP contribution in [0.15, 0.2) is 40.9 Å². The van der Waals surface area contributed by atoms with E-state index >= 15 is 0 Å². The second kappa shape index (κ2) is 5.80. The molecular weight excluding hydrogens is 320 g/mol. The minimum absolute atomic E-state index is 0.210. The van der Waals surface area contributed by atoms with Gasteiger partial charge in [-0.2, -0.15) is 0 Å². The van der Waals surface area contributed by atoms with Gasteiger partial charge in [-0.05, 0) is 29.8 Å². The van der Waals surface area contributed by atoms with Gasteiger partial charge in [0.1, 0.15) is 5.78 Å². The van der Waals surface area contributed by atoms with Crippen LogP contribution in [0.3, 0.4) is 0 Å². The third-order valence-electron chi connectivity index (χ3n) is 2.29. The first kappa shape index (κ1) is 12.8. The van der Waals surface area contributed by atoms with Crippen LogP contribution in [0.4, 0.5) is 0 Å². The van der Waals surface area contributed by atoms with Crippen LogP contribution in [0.25, 0.3) is 0 Å². The van der Waals surface area contributed by atoms with Crippen molar-refractivity contribution in [2.24, 2.45) is 0 Å². The average Bonchev–Trinajstić information content (AvgIpc) is 2.63. The Balaban J connectivity index is 1.98. The van der Waals surface area contributed by atoms with Crippen molar-refractivity contribution in [1.82, 2.24) is 0 Å². The van der Waals surface area contributed by atoms with E-state index in [1.807, 2.05) is 36.4 Å². The van der Waals surface area contributed by atoms with Gasteiger partial charge in [0.15, 0.2) is 0 Å². The zero-order valence-electron chi connectivity index (χ0n) is 8.95. The Hall–Kier alpha value is -0.640. The second-order valence-corrected chi connectivity index (χ2v) is 6.44. The fraction of sp³-hybridized carbons (Fsp3) is 0.154. The monoisotopic (exact) mass is 328 g/mol. The van der Waals surface area contributed by atoms with Crippen molar-refractivity contribution in [3.63, 3.8) is 0 Å². The van der Waals surface area contributed by atoms with Gasteiger partial charge in [0.2, 0.25) is 0 Å². The summed E-state index contributed by atoms with van der Waals surface area (Å²) in [5.41, 5.74) is 1.03. The van der Waals surface area contributed by atoms with Crippen LogP contribution < -0.4 is 0 Å². The van der Waals surface area contributed by atoms with Crippen molar-refractivity contribution >= 4 is 44.7 Å². The molecule has 0 aliphatic heterocycles. The standard InChI is InChI=1S/C13H10BrClOS/c14-10-3-1-2-9(6-10)7-11(16)8-12-4-5-13(15)17-12/h1-6H,7-8H2. The van der Waals surface area contributed by atoms with E-state index in [1.54, 1.807) is 0 Å². The van der Waals surface area contributed by atoms with Gasteiger partial charge in [0, 0.05) is 22.2 Å². The number of thiophene rings is 1. The predicted molar refractivity (Wildman–Crippen MR) is 75.9 cm³/mol. The quantitative estimate of drug-likeness (QED) is 0.806. The van der Waals surface area contributed by atoms with Crippen LogP contribution in [0.5, 0.6) is 0 Å². The number of Topliss-reactive ketones (excluding diaryl/α,β-unsaturated/α-hetero) is 1. The molecule has 0 radical (unpaired) electrons. The van der Waals surface area contributed by atoms with Crippen molar-refractivity contribution in [3.8, 4) is 0 Å². The molecule has 2 rings (SSSR count). The molecule has 4 heteroatoms. The SMILES string of the molecule is O=C(Cc1cccc(Br)c1)Cc1ccc(Cl)s1. The minimum atomic E-state index is 0.210. The van der Waals surface area contributed by atoms with Gasteiger partial charge < -0.3 is 0 Å². The molecule has 0 saturated heterocycles. The molecule has 0 spiro atoms. The maximum Gasteiger partial charge on any atom is 0.142 e. The third kappa shape index (κ3) is 3.95. The first-order chi connectivity index (χ1) is 8.13. The zero-order chi connectivity index (χ0) is 12.3. The summed E-state index contributed by atoms with van der Waals surface area (Å²) >= 11 is 10.7. The maximum absolute atomic E-state index is 11.9. The van der Waals surface area contributed by atoms with E-state index in [1.165, 1.54) is 11.3 Å². The molecule has 1 aromatic carbocycles. The summed E-state index contributed by atoms with van der Waals surface area (Å²) in [6.07, 6.45) is 0.929. The fourth-order valence-corrected chi connectivity index (χ4v) is 3.14. The summed E-state index contributed by atoms with van der Waals surface area (Å²) in [5, 5.41) is 0. The minimum Gasteiger partial charge on any atom is -0.299 e. The lowest BCUT2D eigenvalue weighted by Gasteiger charge is -2.00. The van der Waals surface area contributed by atoms with Crippen LogP contribution in [0, 0.1) is 0 Å². The van der Waals surface area contributed by atoms with Gasteiger partial charge in [-0.1, -0.05) is 39.7 Å². The maximum atomic E-state index is 11.9. The molecule has 0 bridgehead atoms. The molecule has 1 heterocycles. The van der Waals surface area contributed by atoms with Gasteiger partial charge in [-0.3, -0.25) is 4.79 Å². The molecule has 0 atom stereocenters. The molecule has 17 heavy (non-hydrogen) atoms. The lowest BCUT2D eigenvalue weighted by atomic mass is 10.1. The Kier molecular flexibility index (Phi) is 4.37. The Morgan fingerprint density at radius 2 is 2.06 bits per heavy atom. The van der Waals surface area contributed by atoms with Gasteiger partial charge >= 0.3 is 0 Å². The van der Waals surface area contributed by atoms with Crippen molar-refractivity contribution in [3.05, 3.63) is 55.6 Å². The summed E-state index contributed by atoms with van der Waals surface area (Å²) in [4.78, 5) is 12.9. The van der Waals surface area contributed by atoms with Crippen LogP contribution in [-0.4, -0.2) is 5.78 Å². The highest BCUT2D eigenvalue weighted by atomic mass is 79.9. The van der Waals surface area contributed by atoms with E-state index in [9.17, 15) is 4.79 Å². The van der Waals surface area contributed by atoms with Crippen LogP contribution in [0.1, 0.15) is 10.4 Å². The highest BCUT2D eigenvalue weighted by Gasteiger charge is 2.07. The second-order valence-electron chi connectivity index (χ2n) is 3.73. The predicted octanol–water partition coefficient (Wildman–Crippen LogP) is 4.52. The molecular formula is C13H10BrClOS. The molecule has 0 fully saturated rings. The number of hydrogen-bond donors (Lipinski definition) is 0. The summed E-state index contributed by atoms with van der Waals surface area (Å²) in [7, 11) is 0. The first-order valence-corrected chi connectivity index (χ1v) is 7.12. The third-order valence-corrected chi connectivity index (χ3v) is 4.01. The molecule has 0 N–H and O–H groups in total. The van der Waals surface area contributed by atoms with Crippen molar-refractivity contribution < 1.29 is 4.79 Å². The number of carbonyl (C=O) groups excluding carboxylic acids is 1. The molecule has 2 aromatic rings. The van der Waals surface area contributed by atoms with E-state index in [2.05, 4.69) is 15.9 Å². The summed E-state index contributed by atoms with van der Waals surface area (Å²) in [6.45, 7) is 0. The lowest BCUT2D eigenvalue weighted by Crippen LogP contribution is -2.05. The topological polar surface area (TPSA) is 17.1 Å².